The van der Waals surface area contributed by atoms with Gasteiger partial charge in [-0.3, -0.25) is 0 Å². The van der Waals surface area contributed by atoms with E-state index in [0.29, 0.717) is 5.92 Å². The van der Waals surface area contributed by atoms with Gasteiger partial charge in [-0.1, -0.05) is 17.7 Å². The topological polar surface area (TPSA) is 21.3 Å². The second kappa shape index (κ2) is 5.94. The molecule has 1 aliphatic rings. The van der Waals surface area contributed by atoms with Crippen LogP contribution in [0.4, 0.5) is 0 Å². The summed E-state index contributed by atoms with van der Waals surface area (Å²) in [7, 11) is 1.73. The van der Waals surface area contributed by atoms with Crippen molar-refractivity contribution in [3.8, 4) is 5.75 Å². The molecule has 0 bridgehead atoms. The molecule has 2 nitrogen and oxygen atoms in total. The molecule has 1 aromatic rings. The Kier molecular flexibility index (Phi) is 4.52. The second-order valence-corrected chi connectivity index (χ2v) is 5.63. The number of hydrogen-bond donors (Lipinski definition) is 1. The molecule has 0 aliphatic carbocycles. The summed E-state index contributed by atoms with van der Waals surface area (Å²) in [6.45, 7) is 6.39. The van der Waals surface area contributed by atoms with Crippen molar-refractivity contribution in [1.29, 1.82) is 0 Å². The highest BCUT2D eigenvalue weighted by molar-refractivity contribution is 6.32. The number of piperidine rings is 1. The van der Waals surface area contributed by atoms with Gasteiger partial charge in [0.2, 0.25) is 0 Å². The molecule has 100 valence electrons. The van der Waals surface area contributed by atoms with Crippen molar-refractivity contribution in [2.24, 2.45) is 5.92 Å². The van der Waals surface area contributed by atoms with Crippen molar-refractivity contribution in [1.82, 2.24) is 5.32 Å². The molecule has 18 heavy (non-hydrogen) atoms. The van der Waals surface area contributed by atoms with E-state index in [1.807, 2.05) is 0 Å². The van der Waals surface area contributed by atoms with E-state index in [0.717, 1.165) is 35.8 Å². The number of hydrogen-bond acceptors (Lipinski definition) is 2. The highest BCUT2D eigenvalue weighted by Gasteiger charge is 2.20. The quantitative estimate of drug-likeness (QED) is 0.905. The van der Waals surface area contributed by atoms with Crippen molar-refractivity contribution in [3.63, 3.8) is 0 Å². The van der Waals surface area contributed by atoms with Gasteiger partial charge in [-0.25, -0.2) is 0 Å². The van der Waals surface area contributed by atoms with E-state index < -0.39 is 0 Å². The van der Waals surface area contributed by atoms with E-state index in [1.165, 1.54) is 24.0 Å². The average molecular weight is 268 g/mol. The normalized spacial score (nSPS) is 19.9. The fourth-order valence-electron chi connectivity index (χ4n) is 2.88. The molecule has 3 heteroatoms. The number of halogens is 1. The molecule has 0 aromatic heterocycles. The minimum absolute atomic E-state index is 0.673. The lowest BCUT2D eigenvalue weighted by Gasteiger charge is -2.25. The average Bonchev–Trinajstić information content (AvgIpc) is 2.37. The molecule has 0 amide bonds. The van der Waals surface area contributed by atoms with Crippen LogP contribution in [0.1, 0.15) is 29.5 Å². The van der Waals surface area contributed by atoms with Crippen molar-refractivity contribution < 1.29 is 4.74 Å². The predicted octanol–water partition coefficient (Wildman–Crippen LogP) is 3.51. The van der Waals surface area contributed by atoms with Gasteiger partial charge in [0.1, 0.15) is 5.75 Å². The SMILES string of the molecule is COc1c(C)cc(C)c(Cl)c1CC1CCCNC1. The largest absolute Gasteiger partial charge is 0.496 e. The Bertz CT molecular complexity index is 425. The van der Waals surface area contributed by atoms with E-state index in [-0.39, 0.29) is 0 Å². The smallest absolute Gasteiger partial charge is 0.126 e. The third-order valence-electron chi connectivity index (χ3n) is 3.77. The molecular formula is C15H22ClNO. The zero-order valence-corrected chi connectivity index (χ0v) is 12.2. The zero-order chi connectivity index (χ0) is 13.1. The number of aryl methyl sites for hydroxylation is 2. The second-order valence-electron chi connectivity index (χ2n) is 5.25. The zero-order valence-electron chi connectivity index (χ0n) is 11.5. The van der Waals surface area contributed by atoms with Crippen LogP contribution in [0, 0.1) is 19.8 Å². The lowest BCUT2D eigenvalue weighted by Crippen LogP contribution is -2.31. The highest BCUT2D eigenvalue weighted by atomic mass is 35.5. The van der Waals surface area contributed by atoms with Crippen LogP contribution < -0.4 is 10.1 Å². The van der Waals surface area contributed by atoms with Crippen LogP contribution in [0.25, 0.3) is 0 Å². The van der Waals surface area contributed by atoms with Crippen LogP contribution in [0.15, 0.2) is 6.07 Å². The van der Waals surface area contributed by atoms with E-state index in [4.69, 9.17) is 16.3 Å². The van der Waals surface area contributed by atoms with Crippen LogP contribution in [-0.4, -0.2) is 20.2 Å². The number of nitrogens with one attached hydrogen (secondary N) is 1. The van der Waals surface area contributed by atoms with Gasteiger partial charge in [0, 0.05) is 5.56 Å². The van der Waals surface area contributed by atoms with E-state index >= 15 is 0 Å². The molecular weight excluding hydrogens is 246 g/mol. The Hall–Kier alpha value is -0.730. The Labute approximate surface area is 115 Å². The molecule has 1 atom stereocenters. The summed E-state index contributed by atoms with van der Waals surface area (Å²) in [5.41, 5.74) is 3.51. The van der Waals surface area contributed by atoms with Crippen molar-refractivity contribution in [2.75, 3.05) is 20.2 Å². The van der Waals surface area contributed by atoms with Crippen molar-refractivity contribution in [3.05, 3.63) is 27.8 Å². The summed E-state index contributed by atoms with van der Waals surface area (Å²) in [6.07, 6.45) is 3.55. The van der Waals surface area contributed by atoms with Crippen molar-refractivity contribution in [2.45, 2.75) is 33.1 Å². The van der Waals surface area contributed by atoms with Crippen LogP contribution in [0.2, 0.25) is 5.02 Å². The van der Waals surface area contributed by atoms with Gasteiger partial charge in [0.15, 0.2) is 0 Å². The molecule has 0 spiro atoms. The molecule has 0 radical (unpaired) electrons. The summed E-state index contributed by atoms with van der Waals surface area (Å²) in [4.78, 5) is 0. The third-order valence-corrected chi connectivity index (χ3v) is 4.30. The van der Waals surface area contributed by atoms with Gasteiger partial charge in [0.25, 0.3) is 0 Å². The summed E-state index contributed by atoms with van der Waals surface area (Å²) in [5.74, 6) is 1.64. The van der Waals surface area contributed by atoms with Crippen LogP contribution in [0.5, 0.6) is 5.75 Å². The van der Waals surface area contributed by atoms with Gasteiger partial charge >= 0.3 is 0 Å². The number of ether oxygens (including phenoxy) is 1. The van der Waals surface area contributed by atoms with Crippen molar-refractivity contribution >= 4 is 11.6 Å². The lowest BCUT2D eigenvalue weighted by atomic mass is 9.90. The van der Waals surface area contributed by atoms with Gasteiger partial charge in [-0.2, -0.15) is 0 Å². The molecule has 1 heterocycles. The molecule has 1 fully saturated rings. The Morgan fingerprint density at radius 1 is 1.39 bits per heavy atom. The van der Waals surface area contributed by atoms with Crippen LogP contribution in [-0.2, 0) is 6.42 Å². The maximum atomic E-state index is 6.47. The minimum atomic E-state index is 0.673. The Morgan fingerprint density at radius 3 is 2.78 bits per heavy atom. The first-order valence-corrected chi connectivity index (χ1v) is 7.04. The first kappa shape index (κ1) is 13.7. The summed E-state index contributed by atoms with van der Waals surface area (Å²) < 4.78 is 5.55. The maximum absolute atomic E-state index is 6.47. The van der Waals surface area contributed by atoms with Crippen LogP contribution >= 0.6 is 11.6 Å². The Balaban J connectivity index is 2.29. The standard InChI is InChI=1S/C15H22ClNO/c1-10-7-11(2)15(18-3)13(14(10)16)8-12-5-4-6-17-9-12/h7,12,17H,4-6,8-9H2,1-3H3. The Morgan fingerprint density at radius 2 is 2.17 bits per heavy atom. The van der Waals surface area contributed by atoms with Gasteiger partial charge in [0.05, 0.1) is 12.1 Å². The highest BCUT2D eigenvalue weighted by Crippen LogP contribution is 2.35. The number of benzene rings is 1. The van der Waals surface area contributed by atoms with Gasteiger partial charge in [-0.15, -0.1) is 0 Å². The number of rotatable bonds is 3. The number of methoxy groups -OCH3 is 1. The minimum Gasteiger partial charge on any atom is -0.496 e. The molecule has 1 aromatic carbocycles. The summed E-state index contributed by atoms with van der Waals surface area (Å²) in [6, 6.07) is 2.10. The molecule has 1 N–H and O–H groups in total. The lowest BCUT2D eigenvalue weighted by molar-refractivity contribution is 0.363. The molecule has 0 saturated carbocycles. The van der Waals surface area contributed by atoms with Gasteiger partial charge < -0.3 is 10.1 Å². The van der Waals surface area contributed by atoms with Crippen LogP contribution in [0.3, 0.4) is 0 Å². The van der Waals surface area contributed by atoms with Gasteiger partial charge in [-0.05, 0) is 63.2 Å². The van der Waals surface area contributed by atoms with E-state index in [9.17, 15) is 0 Å². The summed E-state index contributed by atoms with van der Waals surface area (Å²) in [5, 5.41) is 4.34. The van der Waals surface area contributed by atoms with E-state index in [1.54, 1.807) is 7.11 Å². The fourth-order valence-corrected chi connectivity index (χ4v) is 3.10. The molecule has 1 unspecified atom stereocenters. The molecule has 2 rings (SSSR count). The third kappa shape index (κ3) is 2.81. The summed E-state index contributed by atoms with van der Waals surface area (Å²) >= 11 is 6.47. The maximum Gasteiger partial charge on any atom is 0.126 e. The molecule has 1 saturated heterocycles. The first-order chi connectivity index (χ1) is 8.63. The first-order valence-electron chi connectivity index (χ1n) is 6.66. The fraction of sp³-hybridized carbons (Fsp3) is 0.600. The monoisotopic (exact) mass is 267 g/mol. The van der Waals surface area contributed by atoms with E-state index in [2.05, 4.69) is 25.2 Å². The molecule has 1 aliphatic heterocycles. The predicted molar refractivity (Wildman–Crippen MR) is 76.8 cm³/mol.